The number of anilines is 1. The quantitative estimate of drug-likeness (QED) is 0.816. The van der Waals surface area contributed by atoms with Crippen LogP contribution in [-0.4, -0.2) is 74.2 Å². The minimum Gasteiger partial charge on any atom is -0.491 e. The lowest BCUT2D eigenvalue weighted by molar-refractivity contribution is 0.0742. The fourth-order valence-corrected chi connectivity index (χ4v) is 3.97. The van der Waals surface area contributed by atoms with Gasteiger partial charge in [-0.25, -0.2) is 4.98 Å². The van der Waals surface area contributed by atoms with Crippen molar-refractivity contribution >= 4 is 17.9 Å². The van der Waals surface area contributed by atoms with Crippen LogP contribution < -0.4 is 15.0 Å². The molecular formula is C23H25N5O3. The monoisotopic (exact) mass is 419 g/mol. The molecule has 31 heavy (non-hydrogen) atoms. The molecule has 8 nitrogen and oxygen atoms in total. The average molecular weight is 419 g/mol. The summed E-state index contributed by atoms with van der Waals surface area (Å²) in [7, 11) is 0. The molecular weight excluding hydrogens is 394 g/mol. The van der Waals surface area contributed by atoms with E-state index in [0.29, 0.717) is 31.0 Å². The largest absolute Gasteiger partial charge is 0.491 e. The van der Waals surface area contributed by atoms with Crippen LogP contribution in [0.5, 0.6) is 5.75 Å². The van der Waals surface area contributed by atoms with Crippen molar-refractivity contribution in [3.8, 4) is 16.9 Å². The second-order valence-electron chi connectivity index (χ2n) is 7.65. The fraction of sp³-hybridized carbons (Fsp3) is 0.348. The van der Waals surface area contributed by atoms with Crippen molar-refractivity contribution in [2.75, 3.05) is 50.9 Å². The second kappa shape index (κ2) is 8.77. The standard InChI is InChI=1S/C23H25N5O3/c29-23-19-14-17(18-3-5-22(26-15-18)27-8-11-30-12-9-27)2-4-20(19)31-13-10-28(23)16-21-24-6-1-7-25-21/h1-7,14-15,21,24H,8-13,16H2. The van der Waals surface area contributed by atoms with Crippen LogP contribution in [0.25, 0.3) is 11.1 Å². The van der Waals surface area contributed by atoms with Gasteiger partial charge >= 0.3 is 0 Å². The maximum Gasteiger partial charge on any atom is 0.257 e. The number of benzene rings is 1. The molecule has 0 spiro atoms. The first-order chi connectivity index (χ1) is 15.3. The first-order valence-electron chi connectivity index (χ1n) is 10.6. The van der Waals surface area contributed by atoms with Gasteiger partial charge in [0.15, 0.2) is 0 Å². The Morgan fingerprint density at radius 3 is 2.71 bits per heavy atom. The van der Waals surface area contributed by atoms with Crippen LogP contribution in [0.2, 0.25) is 0 Å². The van der Waals surface area contributed by atoms with Gasteiger partial charge in [0.2, 0.25) is 0 Å². The number of rotatable bonds is 4. The zero-order valence-corrected chi connectivity index (χ0v) is 17.2. The number of hydrogen-bond acceptors (Lipinski definition) is 7. The summed E-state index contributed by atoms with van der Waals surface area (Å²) in [6.07, 6.45) is 7.15. The lowest BCUT2D eigenvalue weighted by Crippen LogP contribution is -2.42. The summed E-state index contributed by atoms with van der Waals surface area (Å²) in [5.74, 6) is 1.52. The van der Waals surface area contributed by atoms with E-state index in [2.05, 4.69) is 20.2 Å². The number of nitrogens with zero attached hydrogens (tertiary/aromatic N) is 4. The van der Waals surface area contributed by atoms with Gasteiger partial charge in [0.1, 0.15) is 24.3 Å². The van der Waals surface area contributed by atoms with Gasteiger partial charge in [-0.15, -0.1) is 0 Å². The molecule has 1 N–H and O–H groups in total. The molecule has 4 heterocycles. The number of nitrogens with one attached hydrogen (secondary N) is 1. The summed E-state index contributed by atoms with van der Waals surface area (Å²) in [5, 5.41) is 3.17. The fourth-order valence-electron chi connectivity index (χ4n) is 3.97. The van der Waals surface area contributed by atoms with Crippen LogP contribution >= 0.6 is 0 Å². The number of carbonyl (C=O) groups excluding carboxylic acids is 1. The lowest BCUT2D eigenvalue weighted by Gasteiger charge is -2.27. The van der Waals surface area contributed by atoms with Gasteiger partial charge < -0.3 is 24.6 Å². The Morgan fingerprint density at radius 1 is 1.06 bits per heavy atom. The third kappa shape index (κ3) is 4.25. The summed E-state index contributed by atoms with van der Waals surface area (Å²) in [6.45, 7) is 4.62. The number of aliphatic imine (C=N–C) groups is 1. The SMILES string of the molecule is O=C1c2cc(-c3ccc(N4CCOCC4)nc3)ccc2OCCN1CC1N=CC=CN1. The van der Waals surface area contributed by atoms with Gasteiger partial charge in [-0.3, -0.25) is 9.79 Å². The highest BCUT2D eigenvalue weighted by atomic mass is 16.5. The topological polar surface area (TPSA) is 79.3 Å². The van der Waals surface area contributed by atoms with E-state index in [1.807, 2.05) is 48.8 Å². The molecule has 5 rings (SSSR count). The molecule has 1 amide bonds. The van der Waals surface area contributed by atoms with E-state index in [4.69, 9.17) is 9.47 Å². The van der Waals surface area contributed by atoms with Crippen molar-refractivity contribution in [1.82, 2.24) is 15.2 Å². The van der Waals surface area contributed by atoms with E-state index in [9.17, 15) is 4.79 Å². The molecule has 0 saturated carbocycles. The summed E-state index contributed by atoms with van der Waals surface area (Å²) in [6, 6.07) is 9.83. The molecule has 8 heteroatoms. The Morgan fingerprint density at radius 2 is 1.94 bits per heavy atom. The van der Waals surface area contributed by atoms with Gasteiger partial charge in [0, 0.05) is 31.1 Å². The van der Waals surface area contributed by atoms with Crippen LogP contribution in [0.15, 0.2) is 53.8 Å². The summed E-state index contributed by atoms with van der Waals surface area (Å²) >= 11 is 0. The summed E-state index contributed by atoms with van der Waals surface area (Å²) < 4.78 is 11.3. The van der Waals surface area contributed by atoms with Crippen molar-refractivity contribution in [1.29, 1.82) is 0 Å². The number of aromatic nitrogens is 1. The number of carbonyl (C=O) groups is 1. The normalized spacial score (nSPS) is 20.6. The van der Waals surface area contributed by atoms with Crippen LogP contribution in [0.3, 0.4) is 0 Å². The molecule has 3 aliphatic heterocycles. The van der Waals surface area contributed by atoms with E-state index in [-0.39, 0.29) is 12.1 Å². The number of fused-ring (bicyclic) bond motifs is 1. The first kappa shape index (κ1) is 19.6. The predicted octanol–water partition coefficient (Wildman–Crippen LogP) is 1.93. The van der Waals surface area contributed by atoms with Crippen LogP contribution in [0, 0.1) is 0 Å². The van der Waals surface area contributed by atoms with E-state index in [1.165, 1.54) is 0 Å². The van der Waals surface area contributed by atoms with E-state index < -0.39 is 0 Å². The average Bonchev–Trinajstić information content (AvgIpc) is 2.99. The molecule has 1 aromatic heterocycles. The van der Waals surface area contributed by atoms with Crippen molar-refractivity contribution in [2.45, 2.75) is 6.17 Å². The third-order valence-corrected chi connectivity index (χ3v) is 5.66. The second-order valence-corrected chi connectivity index (χ2v) is 7.65. The molecule has 1 fully saturated rings. The van der Waals surface area contributed by atoms with Gasteiger partial charge in [0.05, 0.1) is 31.9 Å². The Hall–Kier alpha value is -3.39. The number of hydrogen-bond donors (Lipinski definition) is 1. The maximum absolute atomic E-state index is 13.3. The van der Waals surface area contributed by atoms with Gasteiger partial charge in [-0.2, -0.15) is 0 Å². The zero-order chi connectivity index (χ0) is 21.0. The Labute approximate surface area is 181 Å². The van der Waals surface area contributed by atoms with Crippen LogP contribution in [0.4, 0.5) is 5.82 Å². The minimum atomic E-state index is -0.143. The van der Waals surface area contributed by atoms with Crippen molar-refractivity contribution in [3.63, 3.8) is 0 Å². The van der Waals surface area contributed by atoms with E-state index >= 15 is 0 Å². The molecule has 2 aromatic rings. The molecule has 160 valence electrons. The molecule has 0 aliphatic carbocycles. The number of ether oxygens (including phenoxy) is 2. The van der Waals surface area contributed by atoms with E-state index in [1.54, 1.807) is 11.1 Å². The smallest absolute Gasteiger partial charge is 0.257 e. The highest BCUT2D eigenvalue weighted by molar-refractivity contribution is 5.98. The molecule has 1 atom stereocenters. The lowest BCUT2D eigenvalue weighted by atomic mass is 10.0. The summed E-state index contributed by atoms with van der Waals surface area (Å²) in [4.78, 5) is 26.3. The first-order valence-corrected chi connectivity index (χ1v) is 10.6. The van der Waals surface area contributed by atoms with Crippen LogP contribution in [-0.2, 0) is 4.74 Å². The number of allylic oxidation sites excluding steroid dienone is 1. The molecule has 1 saturated heterocycles. The van der Waals surface area contributed by atoms with Crippen molar-refractivity contribution in [3.05, 3.63) is 54.4 Å². The molecule has 0 radical (unpaired) electrons. The van der Waals surface area contributed by atoms with Gasteiger partial charge in [0.25, 0.3) is 5.91 Å². The molecule has 1 aromatic carbocycles. The Kier molecular flexibility index (Phi) is 5.54. The third-order valence-electron chi connectivity index (χ3n) is 5.66. The van der Waals surface area contributed by atoms with Crippen LogP contribution in [0.1, 0.15) is 10.4 Å². The Balaban J connectivity index is 1.36. The number of amides is 1. The van der Waals surface area contributed by atoms with Crippen molar-refractivity contribution < 1.29 is 14.3 Å². The minimum absolute atomic E-state index is 0.0428. The molecule has 3 aliphatic rings. The predicted molar refractivity (Wildman–Crippen MR) is 119 cm³/mol. The molecule has 1 unspecified atom stereocenters. The zero-order valence-electron chi connectivity index (χ0n) is 17.2. The number of morpholine rings is 1. The number of pyridine rings is 1. The maximum atomic E-state index is 13.3. The van der Waals surface area contributed by atoms with Gasteiger partial charge in [-0.05, 0) is 42.1 Å². The molecule has 0 bridgehead atoms. The van der Waals surface area contributed by atoms with Crippen molar-refractivity contribution in [2.24, 2.45) is 4.99 Å². The highest BCUT2D eigenvalue weighted by Gasteiger charge is 2.26. The van der Waals surface area contributed by atoms with Gasteiger partial charge in [-0.1, -0.05) is 6.07 Å². The summed E-state index contributed by atoms with van der Waals surface area (Å²) in [5.41, 5.74) is 2.48. The highest BCUT2D eigenvalue weighted by Crippen LogP contribution is 2.30. The Bertz CT molecular complexity index is 999. The van der Waals surface area contributed by atoms with E-state index in [0.717, 1.165) is 43.2 Å².